The van der Waals surface area contributed by atoms with Gasteiger partial charge in [-0.1, -0.05) is 11.6 Å². The van der Waals surface area contributed by atoms with Crippen molar-refractivity contribution in [3.05, 3.63) is 53.1 Å². The highest BCUT2D eigenvalue weighted by Gasteiger charge is 2.14. The molecule has 0 atom stereocenters. The summed E-state index contributed by atoms with van der Waals surface area (Å²) in [6.45, 7) is 1.44. The van der Waals surface area contributed by atoms with E-state index in [-0.39, 0.29) is 10.8 Å². The Bertz CT molecular complexity index is 773. The van der Waals surface area contributed by atoms with Gasteiger partial charge in [0.15, 0.2) is 5.78 Å². The van der Waals surface area contributed by atoms with Crippen LogP contribution in [-0.4, -0.2) is 17.6 Å². The van der Waals surface area contributed by atoms with Gasteiger partial charge in [-0.25, -0.2) is 0 Å². The molecule has 0 unspecified atom stereocenters. The van der Waals surface area contributed by atoms with E-state index >= 15 is 0 Å². The summed E-state index contributed by atoms with van der Waals surface area (Å²) >= 11 is 5.84. The molecule has 0 aromatic heterocycles. The monoisotopic (exact) mass is 331 g/mol. The zero-order valence-corrected chi connectivity index (χ0v) is 13.0. The first-order chi connectivity index (χ1) is 10.9. The van der Waals surface area contributed by atoms with E-state index in [2.05, 4.69) is 10.6 Å². The molecule has 2 amide bonds. The number of hydrogen-bond acceptors (Lipinski definition) is 4. The SMILES string of the molecule is CC(=O)c1ccc(NC(=O)C(=O)Nc2ccc(N)c(Cl)c2)cc1. The van der Waals surface area contributed by atoms with Crippen LogP contribution in [0.2, 0.25) is 5.02 Å². The molecule has 0 spiro atoms. The summed E-state index contributed by atoms with van der Waals surface area (Å²) in [4.78, 5) is 34.8. The summed E-state index contributed by atoms with van der Waals surface area (Å²) in [6.07, 6.45) is 0. The second-order valence-corrected chi connectivity index (χ2v) is 5.19. The van der Waals surface area contributed by atoms with Gasteiger partial charge in [0.2, 0.25) is 0 Å². The van der Waals surface area contributed by atoms with Crippen LogP contribution in [0.15, 0.2) is 42.5 Å². The molecule has 2 aromatic carbocycles. The first-order valence-electron chi connectivity index (χ1n) is 6.65. The molecule has 23 heavy (non-hydrogen) atoms. The molecule has 0 saturated carbocycles. The number of amides is 2. The molecule has 0 aliphatic heterocycles. The lowest BCUT2D eigenvalue weighted by Gasteiger charge is -2.08. The number of rotatable bonds is 3. The molecule has 6 nitrogen and oxygen atoms in total. The number of benzene rings is 2. The van der Waals surface area contributed by atoms with E-state index in [1.807, 2.05) is 0 Å². The average molecular weight is 332 g/mol. The molecule has 7 heteroatoms. The molecule has 0 aliphatic rings. The van der Waals surface area contributed by atoms with E-state index in [1.54, 1.807) is 24.3 Å². The third kappa shape index (κ3) is 4.31. The zero-order chi connectivity index (χ0) is 17.0. The number of anilines is 3. The van der Waals surface area contributed by atoms with Gasteiger partial charge in [-0.05, 0) is 49.4 Å². The molecule has 0 aliphatic carbocycles. The van der Waals surface area contributed by atoms with Crippen LogP contribution in [0.3, 0.4) is 0 Å². The number of Topliss-reactive ketones (excluding diaryl/α,β-unsaturated/α-hetero) is 1. The highest BCUT2D eigenvalue weighted by Crippen LogP contribution is 2.22. The predicted molar refractivity (Wildman–Crippen MR) is 89.6 cm³/mol. The summed E-state index contributed by atoms with van der Waals surface area (Å²) in [5.41, 5.74) is 7.22. The number of halogens is 1. The van der Waals surface area contributed by atoms with Gasteiger partial charge in [-0.15, -0.1) is 0 Å². The van der Waals surface area contributed by atoms with Crippen LogP contribution in [0.1, 0.15) is 17.3 Å². The summed E-state index contributed by atoms with van der Waals surface area (Å²) in [5, 5.41) is 5.13. The molecule has 0 saturated heterocycles. The van der Waals surface area contributed by atoms with Crippen molar-refractivity contribution < 1.29 is 14.4 Å². The molecule has 2 rings (SSSR count). The van der Waals surface area contributed by atoms with Crippen molar-refractivity contribution in [3.63, 3.8) is 0 Å². The Morgan fingerprint density at radius 1 is 0.913 bits per heavy atom. The fourth-order valence-corrected chi connectivity index (χ4v) is 1.95. The van der Waals surface area contributed by atoms with Crippen molar-refractivity contribution in [2.75, 3.05) is 16.4 Å². The number of ketones is 1. The molecule has 4 N–H and O–H groups in total. The Hall–Kier alpha value is -2.86. The second-order valence-electron chi connectivity index (χ2n) is 4.78. The van der Waals surface area contributed by atoms with E-state index in [1.165, 1.54) is 25.1 Å². The standard InChI is InChI=1S/C16H14ClN3O3/c1-9(21)10-2-4-11(5-3-10)19-15(22)16(23)20-12-6-7-14(18)13(17)8-12/h2-8H,18H2,1H3,(H,19,22)(H,20,23). The van der Waals surface area contributed by atoms with Crippen molar-refractivity contribution in [1.82, 2.24) is 0 Å². The number of hydrogen-bond donors (Lipinski definition) is 3. The smallest absolute Gasteiger partial charge is 0.314 e. The minimum Gasteiger partial charge on any atom is -0.398 e. The maximum Gasteiger partial charge on any atom is 0.314 e. The van der Waals surface area contributed by atoms with Gasteiger partial charge in [0.05, 0.1) is 10.7 Å². The summed E-state index contributed by atoms with van der Waals surface area (Å²) in [5.74, 6) is -1.77. The fraction of sp³-hybridized carbons (Fsp3) is 0.0625. The van der Waals surface area contributed by atoms with Gasteiger partial charge < -0.3 is 16.4 Å². The topological polar surface area (TPSA) is 101 Å². The van der Waals surface area contributed by atoms with E-state index in [4.69, 9.17) is 17.3 Å². The molecular weight excluding hydrogens is 318 g/mol. The summed E-state index contributed by atoms with van der Waals surface area (Å²) in [6, 6.07) is 10.7. The minimum atomic E-state index is -0.846. The van der Waals surface area contributed by atoms with Gasteiger partial charge in [0.25, 0.3) is 0 Å². The quantitative estimate of drug-likeness (QED) is 0.457. The van der Waals surface area contributed by atoms with E-state index in [9.17, 15) is 14.4 Å². The molecule has 0 fully saturated rings. The molecule has 0 radical (unpaired) electrons. The Balaban J connectivity index is 2.00. The van der Waals surface area contributed by atoms with Crippen LogP contribution in [0, 0.1) is 0 Å². The Kier molecular flexibility index (Phi) is 4.98. The average Bonchev–Trinajstić information content (AvgIpc) is 2.51. The normalized spacial score (nSPS) is 10.0. The Labute approximate surface area is 137 Å². The Morgan fingerprint density at radius 2 is 1.43 bits per heavy atom. The number of nitrogens with two attached hydrogens (primary N) is 1. The largest absolute Gasteiger partial charge is 0.398 e. The van der Waals surface area contributed by atoms with E-state index in [0.717, 1.165) is 0 Å². The number of carbonyl (C=O) groups is 3. The van der Waals surface area contributed by atoms with Crippen LogP contribution >= 0.6 is 11.6 Å². The highest BCUT2D eigenvalue weighted by atomic mass is 35.5. The summed E-state index contributed by atoms with van der Waals surface area (Å²) in [7, 11) is 0. The van der Waals surface area contributed by atoms with Crippen molar-refractivity contribution in [2.45, 2.75) is 6.92 Å². The van der Waals surface area contributed by atoms with Crippen molar-refractivity contribution in [1.29, 1.82) is 0 Å². The van der Waals surface area contributed by atoms with Crippen LogP contribution < -0.4 is 16.4 Å². The Morgan fingerprint density at radius 3 is 1.96 bits per heavy atom. The maximum absolute atomic E-state index is 11.8. The van der Waals surface area contributed by atoms with E-state index < -0.39 is 11.8 Å². The number of nitrogen functional groups attached to an aromatic ring is 1. The number of carbonyl (C=O) groups excluding carboxylic acids is 3. The molecule has 0 bridgehead atoms. The molecule has 2 aromatic rings. The molecule has 118 valence electrons. The molecular formula is C16H14ClN3O3. The van der Waals surface area contributed by atoms with Gasteiger partial charge in [-0.3, -0.25) is 14.4 Å². The van der Waals surface area contributed by atoms with Crippen molar-refractivity contribution in [2.24, 2.45) is 0 Å². The van der Waals surface area contributed by atoms with Crippen LogP contribution in [0.25, 0.3) is 0 Å². The first kappa shape index (κ1) is 16.5. The van der Waals surface area contributed by atoms with Gasteiger partial charge in [0.1, 0.15) is 0 Å². The van der Waals surface area contributed by atoms with Gasteiger partial charge in [-0.2, -0.15) is 0 Å². The van der Waals surface area contributed by atoms with Crippen molar-refractivity contribution >= 4 is 46.3 Å². The minimum absolute atomic E-state index is 0.0825. The lowest BCUT2D eigenvalue weighted by atomic mass is 10.1. The summed E-state index contributed by atoms with van der Waals surface area (Å²) < 4.78 is 0. The predicted octanol–water partition coefficient (Wildman–Crippen LogP) is 2.70. The van der Waals surface area contributed by atoms with Crippen LogP contribution in [0.5, 0.6) is 0 Å². The maximum atomic E-state index is 11.8. The second kappa shape index (κ2) is 6.93. The lowest BCUT2D eigenvalue weighted by molar-refractivity contribution is -0.132. The molecule has 0 heterocycles. The first-order valence-corrected chi connectivity index (χ1v) is 7.03. The van der Waals surface area contributed by atoms with Crippen LogP contribution in [-0.2, 0) is 9.59 Å². The lowest BCUT2D eigenvalue weighted by Crippen LogP contribution is -2.29. The zero-order valence-electron chi connectivity index (χ0n) is 12.2. The van der Waals surface area contributed by atoms with Crippen LogP contribution in [0.4, 0.5) is 17.1 Å². The fourth-order valence-electron chi connectivity index (χ4n) is 1.77. The van der Waals surface area contributed by atoms with Crippen molar-refractivity contribution in [3.8, 4) is 0 Å². The third-order valence-corrected chi connectivity index (χ3v) is 3.34. The third-order valence-electron chi connectivity index (χ3n) is 3.01. The number of nitrogens with one attached hydrogen (secondary N) is 2. The van der Waals surface area contributed by atoms with Gasteiger partial charge in [0, 0.05) is 16.9 Å². The van der Waals surface area contributed by atoms with E-state index in [0.29, 0.717) is 22.6 Å². The van der Waals surface area contributed by atoms with Gasteiger partial charge >= 0.3 is 11.8 Å². The highest BCUT2D eigenvalue weighted by molar-refractivity contribution is 6.43.